The molecule has 0 bridgehead atoms. The Morgan fingerprint density at radius 3 is 2.95 bits per heavy atom. The van der Waals surface area contributed by atoms with Gasteiger partial charge in [0.25, 0.3) is 5.91 Å². The molecule has 1 amide bonds. The number of benzene rings is 1. The van der Waals surface area contributed by atoms with Crippen molar-refractivity contribution in [3.63, 3.8) is 0 Å². The zero-order valence-electron chi connectivity index (χ0n) is 11.0. The van der Waals surface area contributed by atoms with Crippen LogP contribution < -0.4 is 10.2 Å². The van der Waals surface area contributed by atoms with Crippen molar-refractivity contribution in [3.8, 4) is 0 Å². The van der Waals surface area contributed by atoms with Gasteiger partial charge >= 0.3 is 0 Å². The third-order valence-electron chi connectivity index (χ3n) is 3.68. The maximum atomic E-state index is 12.5. The van der Waals surface area contributed by atoms with Crippen molar-refractivity contribution >= 4 is 24.0 Å². The van der Waals surface area contributed by atoms with Crippen molar-refractivity contribution in [1.82, 2.24) is 5.32 Å². The van der Waals surface area contributed by atoms with Crippen LogP contribution in [0.3, 0.4) is 0 Å². The van der Waals surface area contributed by atoms with E-state index in [2.05, 4.69) is 18.3 Å². The molecule has 2 atom stereocenters. The summed E-state index contributed by atoms with van der Waals surface area (Å²) in [5, 5.41) is 3.20. The van der Waals surface area contributed by atoms with Gasteiger partial charge in [-0.3, -0.25) is 4.79 Å². The number of fused-ring (bicyclic) bond motifs is 1. The van der Waals surface area contributed by atoms with Crippen LogP contribution >= 0.6 is 12.4 Å². The van der Waals surface area contributed by atoms with Crippen LogP contribution in [0.1, 0.15) is 18.4 Å². The molecule has 5 heteroatoms. The molecule has 3 rings (SSSR count). The fraction of sp³-hybridized carbons (Fsp3) is 0.500. The van der Waals surface area contributed by atoms with Gasteiger partial charge in [0.1, 0.15) is 6.10 Å². The number of nitrogens with zero attached hydrogens (tertiary/aromatic N) is 1. The summed E-state index contributed by atoms with van der Waals surface area (Å²) < 4.78 is 5.55. The van der Waals surface area contributed by atoms with E-state index >= 15 is 0 Å². The lowest BCUT2D eigenvalue weighted by molar-refractivity contribution is -0.131. The monoisotopic (exact) mass is 282 g/mol. The summed E-state index contributed by atoms with van der Waals surface area (Å²) in [5.41, 5.74) is 2.30. The fourth-order valence-corrected chi connectivity index (χ4v) is 2.73. The van der Waals surface area contributed by atoms with Gasteiger partial charge in [0, 0.05) is 31.2 Å². The van der Waals surface area contributed by atoms with E-state index in [1.807, 2.05) is 23.1 Å². The Morgan fingerprint density at radius 2 is 2.21 bits per heavy atom. The minimum atomic E-state index is -0.336. The lowest BCUT2D eigenvalue weighted by Crippen LogP contribution is -2.49. The second-order valence-corrected chi connectivity index (χ2v) is 4.97. The van der Waals surface area contributed by atoms with Gasteiger partial charge in [-0.25, -0.2) is 0 Å². The van der Waals surface area contributed by atoms with Gasteiger partial charge in [-0.2, -0.15) is 0 Å². The second kappa shape index (κ2) is 5.90. The van der Waals surface area contributed by atoms with Crippen LogP contribution in [0, 0.1) is 0 Å². The predicted molar refractivity (Wildman–Crippen MR) is 77.1 cm³/mol. The molecule has 1 fully saturated rings. The molecule has 1 saturated heterocycles. The third-order valence-corrected chi connectivity index (χ3v) is 3.68. The molecule has 2 aliphatic rings. The van der Waals surface area contributed by atoms with E-state index in [0.717, 1.165) is 18.8 Å². The van der Waals surface area contributed by atoms with Crippen molar-refractivity contribution in [2.45, 2.75) is 18.9 Å². The van der Waals surface area contributed by atoms with Crippen LogP contribution in [-0.2, 0) is 9.53 Å². The van der Waals surface area contributed by atoms with Crippen molar-refractivity contribution in [1.29, 1.82) is 0 Å². The topological polar surface area (TPSA) is 41.6 Å². The van der Waals surface area contributed by atoms with Crippen LogP contribution in [0.25, 0.3) is 0 Å². The van der Waals surface area contributed by atoms with Crippen molar-refractivity contribution in [2.24, 2.45) is 0 Å². The number of rotatable bonds is 1. The van der Waals surface area contributed by atoms with Crippen LogP contribution in [0.2, 0.25) is 0 Å². The molecule has 104 valence electrons. The maximum Gasteiger partial charge on any atom is 0.257 e. The number of nitrogens with one attached hydrogen (secondary N) is 1. The van der Waals surface area contributed by atoms with Gasteiger partial charge < -0.3 is 15.0 Å². The molecular weight excluding hydrogens is 264 g/mol. The molecule has 0 radical (unpaired) electrons. The summed E-state index contributed by atoms with van der Waals surface area (Å²) in [6.07, 6.45) is -0.336. The minimum Gasteiger partial charge on any atom is -0.366 e. The number of para-hydroxylation sites is 1. The Morgan fingerprint density at radius 1 is 1.42 bits per heavy atom. The second-order valence-electron chi connectivity index (χ2n) is 4.97. The first kappa shape index (κ1) is 14.3. The number of hydrogen-bond acceptors (Lipinski definition) is 3. The molecule has 2 aliphatic heterocycles. The minimum absolute atomic E-state index is 0. The first-order valence-corrected chi connectivity index (χ1v) is 6.50. The molecule has 4 nitrogen and oxygen atoms in total. The molecule has 1 aromatic carbocycles. The average Bonchev–Trinajstić information content (AvgIpc) is 2.77. The summed E-state index contributed by atoms with van der Waals surface area (Å²) in [6.45, 7) is 4.98. The Bertz CT molecular complexity index is 461. The highest BCUT2D eigenvalue weighted by Crippen LogP contribution is 2.36. The number of carbonyl (C=O) groups is 1. The zero-order valence-corrected chi connectivity index (χ0v) is 11.8. The summed E-state index contributed by atoms with van der Waals surface area (Å²) >= 11 is 0. The molecule has 0 aromatic heterocycles. The van der Waals surface area contributed by atoms with E-state index in [0.29, 0.717) is 19.1 Å². The molecule has 1 aromatic rings. The number of carbonyl (C=O) groups excluding carboxylic acids is 1. The lowest BCUT2D eigenvalue weighted by atomic mass is 10.0. The summed E-state index contributed by atoms with van der Waals surface area (Å²) in [5.74, 6) is 0.487. The zero-order chi connectivity index (χ0) is 12.5. The first-order valence-electron chi connectivity index (χ1n) is 6.50. The number of anilines is 1. The van der Waals surface area contributed by atoms with E-state index in [1.54, 1.807) is 0 Å². The van der Waals surface area contributed by atoms with Crippen LogP contribution in [0.15, 0.2) is 24.3 Å². The Hall–Kier alpha value is -1.10. The highest BCUT2D eigenvalue weighted by atomic mass is 35.5. The number of halogens is 1. The SMILES string of the molecule is CC1CN(C(=O)C2CNCCO2)c2ccccc21.Cl. The van der Waals surface area contributed by atoms with Crippen LogP contribution in [0.5, 0.6) is 0 Å². The summed E-state index contributed by atoms with van der Waals surface area (Å²) in [4.78, 5) is 14.3. The lowest BCUT2D eigenvalue weighted by Gasteiger charge is -2.27. The van der Waals surface area contributed by atoms with Crippen molar-refractivity contribution < 1.29 is 9.53 Å². The molecule has 19 heavy (non-hydrogen) atoms. The number of morpholine rings is 1. The number of amides is 1. The summed E-state index contributed by atoms with van der Waals surface area (Å²) in [6, 6.07) is 8.14. The first-order chi connectivity index (χ1) is 8.77. The van der Waals surface area contributed by atoms with Gasteiger partial charge in [-0.15, -0.1) is 12.4 Å². The largest absolute Gasteiger partial charge is 0.366 e. The van der Waals surface area contributed by atoms with Crippen LogP contribution in [0.4, 0.5) is 5.69 Å². The summed E-state index contributed by atoms with van der Waals surface area (Å²) in [7, 11) is 0. The van der Waals surface area contributed by atoms with Gasteiger partial charge in [-0.05, 0) is 11.6 Å². The highest BCUT2D eigenvalue weighted by Gasteiger charge is 2.34. The van der Waals surface area contributed by atoms with E-state index in [9.17, 15) is 4.79 Å². The maximum absolute atomic E-state index is 12.5. The molecule has 1 N–H and O–H groups in total. The Labute approximate surface area is 119 Å². The van der Waals surface area contributed by atoms with Gasteiger partial charge in [-0.1, -0.05) is 25.1 Å². The predicted octanol–water partition coefficient (Wildman–Crippen LogP) is 1.55. The van der Waals surface area contributed by atoms with E-state index in [-0.39, 0.29) is 24.4 Å². The highest BCUT2D eigenvalue weighted by molar-refractivity contribution is 5.99. The van der Waals surface area contributed by atoms with Crippen molar-refractivity contribution in [2.75, 3.05) is 31.1 Å². The normalized spacial score (nSPS) is 25.6. The molecule has 0 aliphatic carbocycles. The smallest absolute Gasteiger partial charge is 0.257 e. The molecule has 0 saturated carbocycles. The fourth-order valence-electron chi connectivity index (χ4n) is 2.73. The van der Waals surface area contributed by atoms with E-state index < -0.39 is 0 Å². The van der Waals surface area contributed by atoms with Gasteiger partial charge in [0.05, 0.1) is 6.61 Å². The molecular formula is C14H19ClN2O2. The average molecular weight is 283 g/mol. The third kappa shape index (κ3) is 2.61. The number of hydrogen-bond donors (Lipinski definition) is 1. The van der Waals surface area contributed by atoms with Crippen molar-refractivity contribution in [3.05, 3.63) is 29.8 Å². The quantitative estimate of drug-likeness (QED) is 0.850. The van der Waals surface area contributed by atoms with Crippen LogP contribution in [-0.4, -0.2) is 38.3 Å². The van der Waals surface area contributed by atoms with E-state index in [1.165, 1.54) is 5.56 Å². The Kier molecular flexibility index (Phi) is 4.45. The molecule has 0 spiro atoms. The standard InChI is InChI=1S/C14H18N2O2.ClH/c1-10-9-16(12-5-3-2-4-11(10)12)14(17)13-8-15-6-7-18-13;/h2-5,10,13,15H,6-9H2,1H3;1H. The number of ether oxygens (including phenoxy) is 1. The van der Waals surface area contributed by atoms with E-state index in [4.69, 9.17) is 4.74 Å². The Balaban J connectivity index is 0.00000133. The molecule has 2 heterocycles. The van der Waals surface area contributed by atoms with Gasteiger partial charge in [0.2, 0.25) is 0 Å². The van der Waals surface area contributed by atoms with Gasteiger partial charge in [0.15, 0.2) is 0 Å². The molecule has 2 unspecified atom stereocenters.